The molecule has 0 aliphatic heterocycles. The van der Waals surface area contributed by atoms with Crippen LogP contribution in [0.5, 0.6) is 0 Å². The molecule has 0 heterocycles. The molecule has 0 saturated carbocycles. The normalized spacial score (nSPS) is 12.1. The fourth-order valence-corrected chi connectivity index (χ4v) is 2.41. The summed E-state index contributed by atoms with van der Waals surface area (Å²) < 4.78 is 0. The van der Waals surface area contributed by atoms with Crippen LogP contribution < -0.4 is 5.32 Å². The highest BCUT2D eigenvalue weighted by Crippen LogP contribution is 2.14. The Hall–Kier alpha value is -1.30. The minimum Gasteiger partial charge on any atom is -0.480 e. The van der Waals surface area contributed by atoms with Gasteiger partial charge in [0, 0.05) is 31.7 Å². The van der Waals surface area contributed by atoms with Gasteiger partial charge in [-0.05, 0) is 48.5 Å². The summed E-state index contributed by atoms with van der Waals surface area (Å²) in [4.78, 5) is 27.1. The molecule has 6 heteroatoms. The van der Waals surface area contributed by atoms with Crippen molar-refractivity contribution in [1.29, 1.82) is 0 Å². The number of rotatable bonds is 8. The molecule has 6 nitrogen and oxygen atoms in total. The Morgan fingerprint density at radius 3 is 1.95 bits per heavy atom. The maximum Gasteiger partial charge on any atom is 0.329 e. The summed E-state index contributed by atoms with van der Waals surface area (Å²) in [6, 6.07) is 0.469. The number of likely N-dealkylation sites (N-methyl/N-ethyl adjacent to an activating group) is 1. The third-order valence-electron chi connectivity index (χ3n) is 3.73. The van der Waals surface area contributed by atoms with Gasteiger partial charge < -0.3 is 15.3 Å². The number of nitrogens with zero attached hydrogens (tertiary/aromatic N) is 2. The summed E-state index contributed by atoms with van der Waals surface area (Å²) in [6.07, 6.45) is 0. The van der Waals surface area contributed by atoms with E-state index in [2.05, 4.69) is 37.9 Å². The molecule has 0 atom stereocenters. The third kappa shape index (κ3) is 5.53. The number of nitrogens with one attached hydrogen (secondary N) is 1. The lowest BCUT2D eigenvalue weighted by Gasteiger charge is -2.35. The fourth-order valence-electron chi connectivity index (χ4n) is 2.41. The molecule has 0 aromatic heterocycles. The second-order valence-electron chi connectivity index (χ2n) is 6.27. The van der Waals surface area contributed by atoms with Gasteiger partial charge >= 0.3 is 12.0 Å². The van der Waals surface area contributed by atoms with Gasteiger partial charge in [-0.3, -0.25) is 4.90 Å². The zero-order chi connectivity index (χ0) is 16.8. The van der Waals surface area contributed by atoms with Crippen molar-refractivity contribution in [2.75, 3.05) is 19.6 Å². The van der Waals surface area contributed by atoms with E-state index >= 15 is 0 Å². The number of carbonyl (C=O) groups is 2. The summed E-state index contributed by atoms with van der Waals surface area (Å²) in [5, 5.41) is 12.0. The number of aliphatic carboxylic acids is 1. The topological polar surface area (TPSA) is 72.9 Å². The van der Waals surface area contributed by atoms with Gasteiger partial charge in [0.05, 0.1) is 0 Å². The van der Waals surface area contributed by atoms with E-state index in [-0.39, 0.29) is 6.03 Å². The zero-order valence-electron chi connectivity index (χ0n) is 14.4. The minimum absolute atomic E-state index is 0.336. The van der Waals surface area contributed by atoms with E-state index in [4.69, 9.17) is 0 Å². The van der Waals surface area contributed by atoms with Gasteiger partial charge in [-0.1, -0.05) is 0 Å². The van der Waals surface area contributed by atoms with E-state index in [0.29, 0.717) is 25.2 Å². The van der Waals surface area contributed by atoms with E-state index in [1.54, 1.807) is 6.92 Å². The van der Waals surface area contributed by atoms with Crippen LogP contribution in [0.2, 0.25) is 0 Å². The molecule has 0 unspecified atom stereocenters. The predicted octanol–water partition coefficient (Wildman–Crippen LogP) is 2.00. The van der Waals surface area contributed by atoms with Crippen LogP contribution in [0.4, 0.5) is 4.79 Å². The van der Waals surface area contributed by atoms with Crippen LogP contribution in [-0.4, -0.2) is 64.2 Å². The van der Waals surface area contributed by atoms with Crippen molar-refractivity contribution in [2.24, 2.45) is 0 Å². The Morgan fingerprint density at radius 1 is 1.14 bits per heavy atom. The summed E-state index contributed by atoms with van der Waals surface area (Å²) >= 11 is 0. The molecule has 0 aliphatic carbocycles. The molecule has 0 rings (SSSR count). The standard InChI is InChI=1S/C15H31N3O3/c1-8-18(15(6,7)13(19)20)14(21)16-9-10-17(11(2)3)12(4)5/h11-12H,8-10H2,1-7H3,(H,16,21)(H,19,20). The lowest BCUT2D eigenvalue weighted by Crippen LogP contribution is -2.56. The van der Waals surface area contributed by atoms with E-state index in [0.717, 1.165) is 6.54 Å². The van der Waals surface area contributed by atoms with Gasteiger partial charge in [0.15, 0.2) is 0 Å². The van der Waals surface area contributed by atoms with Crippen LogP contribution in [0, 0.1) is 0 Å². The molecule has 0 spiro atoms. The summed E-state index contributed by atoms with van der Waals surface area (Å²) in [7, 11) is 0. The van der Waals surface area contributed by atoms with Gasteiger partial charge in [-0.25, -0.2) is 9.59 Å². The first-order valence-electron chi connectivity index (χ1n) is 7.60. The minimum atomic E-state index is -1.21. The molecule has 0 radical (unpaired) electrons. The molecule has 0 bridgehead atoms. The zero-order valence-corrected chi connectivity index (χ0v) is 14.4. The maximum atomic E-state index is 12.2. The van der Waals surface area contributed by atoms with E-state index < -0.39 is 11.5 Å². The van der Waals surface area contributed by atoms with Crippen molar-refractivity contribution in [3.63, 3.8) is 0 Å². The second-order valence-corrected chi connectivity index (χ2v) is 6.27. The third-order valence-corrected chi connectivity index (χ3v) is 3.73. The quantitative estimate of drug-likeness (QED) is 0.719. The second kappa shape index (κ2) is 8.22. The average Bonchev–Trinajstić information content (AvgIpc) is 2.33. The molecule has 0 fully saturated rings. The van der Waals surface area contributed by atoms with Crippen molar-refractivity contribution in [3.8, 4) is 0 Å². The molecule has 0 aliphatic rings. The van der Waals surface area contributed by atoms with Crippen LogP contribution in [-0.2, 0) is 4.79 Å². The molecular formula is C15H31N3O3. The number of hydrogen-bond acceptors (Lipinski definition) is 3. The number of carbonyl (C=O) groups excluding carboxylic acids is 1. The Kier molecular flexibility index (Phi) is 7.71. The Labute approximate surface area is 128 Å². The maximum absolute atomic E-state index is 12.2. The summed E-state index contributed by atoms with van der Waals surface area (Å²) in [6.45, 7) is 14.9. The molecule has 124 valence electrons. The number of urea groups is 1. The molecule has 0 saturated heterocycles. The van der Waals surface area contributed by atoms with Crippen molar-refractivity contribution in [1.82, 2.24) is 15.1 Å². The van der Waals surface area contributed by atoms with Crippen molar-refractivity contribution < 1.29 is 14.7 Å². The van der Waals surface area contributed by atoms with Gasteiger partial charge in [-0.2, -0.15) is 0 Å². The number of carboxylic acid groups (broad SMARTS) is 1. The molecule has 2 N–H and O–H groups in total. The van der Waals surface area contributed by atoms with Gasteiger partial charge in [0.1, 0.15) is 5.54 Å². The fraction of sp³-hybridized carbons (Fsp3) is 0.867. The average molecular weight is 301 g/mol. The first kappa shape index (κ1) is 19.7. The van der Waals surface area contributed by atoms with Crippen molar-refractivity contribution >= 4 is 12.0 Å². The smallest absolute Gasteiger partial charge is 0.329 e. The van der Waals surface area contributed by atoms with E-state index in [9.17, 15) is 14.7 Å². The molecule has 0 aromatic carbocycles. The molecule has 21 heavy (non-hydrogen) atoms. The lowest BCUT2D eigenvalue weighted by atomic mass is 10.0. The highest BCUT2D eigenvalue weighted by molar-refractivity contribution is 5.85. The first-order chi connectivity index (χ1) is 9.55. The van der Waals surface area contributed by atoms with E-state index in [1.807, 2.05) is 0 Å². The number of hydrogen-bond donors (Lipinski definition) is 2. The SMILES string of the molecule is CCN(C(=O)NCCN(C(C)C)C(C)C)C(C)(C)C(=O)O. The van der Waals surface area contributed by atoms with E-state index in [1.165, 1.54) is 18.7 Å². The monoisotopic (exact) mass is 301 g/mol. The Bertz CT molecular complexity index is 346. The molecular weight excluding hydrogens is 270 g/mol. The van der Waals surface area contributed by atoms with Crippen LogP contribution in [0.25, 0.3) is 0 Å². The van der Waals surface area contributed by atoms with Crippen molar-refractivity contribution in [3.05, 3.63) is 0 Å². The number of amides is 2. The summed E-state index contributed by atoms with van der Waals surface area (Å²) in [5.74, 6) is -1.01. The van der Waals surface area contributed by atoms with Crippen LogP contribution in [0.3, 0.4) is 0 Å². The van der Waals surface area contributed by atoms with Crippen LogP contribution in [0.1, 0.15) is 48.5 Å². The molecule has 0 aromatic rings. The van der Waals surface area contributed by atoms with Crippen LogP contribution in [0.15, 0.2) is 0 Å². The van der Waals surface area contributed by atoms with Crippen LogP contribution >= 0.6 is 0 Å². The highest BCUT2D eigenvalue weighted by Gasteiger charge is 2.36. The Balaban J connectivity index is 4.58. The largest absolute Gasteiger partial charge is 0.480 e. The first-order valence-corrected chi connectivity index (χ1v) is 7.60. The predicted molar refractivity (Wildman–Crippen MR) is 84.5 cm³/mol. The summed E-state index contributed by atoms with van der Waals surface area (Å²) in [5.41, 5.74) is -1.21. The highest BCUT2D eigenvalue weighted by atomic mass is 16.4. The van der Waals surface area contributed by atoms with Gasteiger partial charge in [-0.15, -0.1) is 0 Å². The van der Waals surface area contributed by atoms with Crippen molar-refractivity contribution in [2.45, 2.75) is 66.1 Å². The molecule has 2 amide bonds. The Morgan fingerprint density at radius 2 is 1.62 bits per heavy atom. The lowest BCUT2D eigenvalue weighted by molar-refractivity contribution is -0.147. The van der Waals surface area contributed by atoms with Gasteiger partial charge in [0.2, 0.25) is 0 Å². The van der Waals surface area contributed by atoms with Gasteiger partial charge in [0.25, 0.3) is 0 Å². The number of carboxylic acids is 1.